The molecule has 0 aliphatic heterocycles. The van der Waals surface area contributed by atoms with Crippen LogP contribution in [0.15, 0.2) is 66.0 Å². The van der Waals surface area contributed by atoms with Crippen molar-refractivity contribution in [3.05, 3.63) is 92.9 Å². The Bertz CT molecular complexity index is 1040. The highest BCUT2D eigenvalue weighted by molar-refractivity contribution is 7.09. The first kappa shape index (κ1) is 24.0. The van der Waals surface area contributed by atoms with Gasteiger partial charge in [-0.2, -0.15) is 0 Å². The lowest BCUT2D eigenvalue weighted by Gasteiger charge is -2.29. The predicted molar refractivity (Wildman–Crippen MR) is 127 cm³/mol. The van der Waals surface area contributed by atoms with Gasteiger partial charge in [-0.25, -0.2) is 4.39 Å². The Morgan fingerprint density at radius 2 is 1.75 bits per heavy atom. The van der Waals surface area contributed by atoms with E-state index < -0.39 is 0 Å². The molecule has 0 spiro atoms. The number of thiophene rings is 1. The Morgan fingerprint density at radius 3 is 2.38 bits per heavy atom. The fourth-order valence-corrected chi connectivity index (χ4v) is 4.27. The maximum absolute atomic E-state index is 13.4. The van der Waals surface area contributed by atoms with Crippen molar-refractivity contribution < 1.29 is 14.0 Å². The molecular weight excluding hydrogens is 447 g/mol. The minimum absolute atomic E-state index is 0.0455. The molecule has 0 aliphatic carbocycles. The van der Waals surface area contributed by atoms with Crippen LogP contribution in [0.1, 0.15) is 34.6 Å². The van der Waals surface area contributed by atoms with Gasteiger partial charge in [-0.3, -0.25) is 9.59 Å². The van der Waals surface area contributed by atoms with E-state index in [1.54, 1.807) is 57.5 Å². The number of rotatable bonds is 9. The van der Waals surface area contributed by atoms with Gasteiger partial charge in [0.1, 0.15) is 12.4 Å². The summed E-state index contributed by atoms with van der Waals surface area (Å²) < 4.78 is 13.3. The summed E-state index contributed by atoms with van der Waals surface area (Å²) in [6.45, 7) is 5.17. The quantitative estimate of drug-likeness (QED) is 0.391. The van der Waals surface area contributed by atoms with Crippen molar-refractivity contribution in [2.75, 3.05) is 13.1 Å². The van der Waals surface area contributed by atoms with Gasteiger partial charge in [0, 0.05) is 28.6 Å². The summed E-state index contributed by atoms with van der Waals surface area (Å²) in [6, 6.07) is 16.8. The van der Waals surface area contributed by atoms with Crippen LogP contribution >= 0.6 is 22.9 Å². The van der Waals surface area contributed by atoms with E-state index in [9.17, 15) is 14.0 Å². The van der Waals surface area contributed by atoms with Gasteiger partial charge >= 0.3 is 0 Å². The van der Waals surface area contributed by atoms with Gasteiger partial charge in [0.25, 0.3) is 5.91 Å². The van der Waals surface area contributed by atoms with Crippen LogP contribution in [0, 0.1) is 11.7 Å². The van der Waals surface area contributed by atoms with Crippen molar-refractivity contribution in [3.8, 4) is 0 Å². The number of nitrogens with zero attached hydrogens (tertiary/aromatic N) is 2. The lowest BCUT2D eigenvalue weighted by molar-refractivity contribution is -0.133. The fraction of sp³-hybridized carbons (Fsp3) is 0.280. The Balaban J connectivity index is 1.81. The molecule has 0 radical (unpaired) electrons. The number of carbonyl (C=O) groups excluding carboxylic acids is 2. The van der Waals surface area contributed by atoms with Gasteiger partial charge in [0.2, 0.25) is 5.91 Å². The Morgan fingerprint density at radius 1 is 1.00 bits per heavy atom. The number of benzene rings is 2. The van der Waals surface area contributed by atoms with Gasteiger partial charge in [-0.15, -0.1) is 11.3 Å². The zero-order chi connectivity index (χ0) is 23.1. The van der Waals surface area contributed by atoms with Gasteiger partial charge in [0.05, 0.1) is 6.54 Å². The van der Waals surface area contributed by atoms with Crippen molar-refractivity contribution in [2.45, 2.75) is 26.9 Å². The second kappa shape index (κ2) is 11.2. The highest BCUT2D eigenvalue weighted by atomic mass is 35.5. The van der Waals surface area contributed by atoms with Crippen LogP contribution in [-0.4, -0.2) is 34.7 Å². The number of carbonyl (C=O) groups is 2. The predicted octanol–water partition coefficient (Wildman–Crippen LogP) is 5.87. The lowest BCUT2D eigenvalue weighted by atomic mass is 10.1. The van der Waals surface area contributed by atoms with Crippen molar-refractivity contribution in [2.24, 2.45) is 5.92 Å². The minimum atomic E-state index is -0.319. The summed E-state index contributed by atoms with van der Waals surface area (Å²) >= 11 is 7.63. The van der Waals surface area contributed by atoms with Crippen molar-refractivity contribution >= 4 is 34.8 Å². The maximum Gasteiger partial charge on any atom is 0.254 e. The molecule has 2 aromatic carbocycles. The summed E-state index contributed by atoms with van der Waals surface area (Å²) in [5, 5.41) is 2.44. The largest absolute Gasteiger partial charge is 0.332 e. The molecule has 0 aliphatic rings. The molecule has 0 saturated heterocycles. The highest BCUT2D eigenvalue weighted by Crippen LogP contribution is 2.18. The van der Waals surface area contributed by atoms with E-state index in [2.05, 4.69) is 0 Å². The molecule has 2 amide bonds. The third kappa shape index (κ3) is 6.90. The van der Waals surface area contributed by atoms with Crippen molar-refractivity contribution in [1.82, 2.24) is 9.80 Å². The molecule has 0 bridgehead atoms. The third-order valence-corrected chi connectivity index (χ3v) is 5.93. The summed E-state index contributed by atoms with van der Waals surface area (Å²) in [7, 11) is 0. The zero-order valence-corrected chi connectivity index (χ0v) is 19.7. The maximum atomic E-state index is 13.4. The molecule has 3 rings (SSSR count). The second-order valence-corrected chi connectivity index (χ2v) is 9.51. The van der Waals surface area contributed by atoms with Crippen LogP contribution in [0.2, 0.25) is 5.02 Å². The molecule has 168 valence electrons. The molecule has 0 fully saturated rings. The second-order valence-electron chi connectivity index (χ2n) is 8.05. The first-order valence-corrected chi connectivity index (χ1v) is 11.7. The van der Waals surface area contributed by atoms with E-state index in [0.29, 0.717) is 30.2 Å². The Kier molecular flexibility index (Phi) is 8.42. The third-order valence-electron chi connectivity index (χ3n) is 4.84. The fourth-order valence-electron chi connectivity index (χ4n) is 3.36. The van der Waals surface area contributed by atoms with E-state index in [-0.39, 0.29) is 30.1 Å². The summed E-state index contributed by atoms with van der Waals surface area (Å²) in [6.07, 6.45) is 0. The van der Waals surface area contributed by atoms with Crippen LogP contribution in [0.5, 0.6) is 0 Å². The summed E-state index contributed by atoms with van der Waals surface area (Å²) in [5.41, 5.74) is 1.28. The van der Waals surface area contributed by atoms with Crippen molar-refractivity contribution in [3.63, 3.8) is 0 Å². The smallest absolute Gasteiger partial charge is 0.254 e. The number of halogens is 2. The zero-order valence-electron chi connectivity index (χ0n) is 18.1. The molecule has 0 saturated carbocycles. The van der Waals surface area contributed by atoms with Crippen LogP contribution in [0.25, 0.3) is 0 Å². The summed E-state index contributed by atoms with van der Waals surface area (Å²) in [5.74, 6) is -0.528. The number of hydrogen-bond acceptors (Lipinski definition) is 3. The molecule has 3 aromatic rings. The van der Waals surface area contributed by atoms with Crippen LogP contribution in [-0.2, 0) is 17.9 Å². The van der Waals surface area contributed by atoms with Crippen LogP contribution < -0.4 is 0 Å². The van der Waals surface area contributed by atoms with Crippen LogP contribution in [0.4, 0.5) is 4.39 Å². The van der Waals surface area contributed by atoms with Crippen LogP contribution in [0.3, 0.4) is 0 Å². The normalized spacial score (nSPS) is 10.9. The molecule has 32 heavy (non-hydrogen) atoms. The van der Waals surface area contributed by atoms with Gasteiger partial charge < -0.3 is 9.80 Å². The molecular formula is C25H26ClFN2O2S. The van der Waals surface area contributed by atoms with E-state index in [4.69, 9.17) is 11.6 Å². The van der Waals surface area contributed by atoms with Gasteiger partial charge in [0.15, 0.2) is 0 Å². The monoisotopic (exact) mass is 472 g/mol. The topological polar surface area (TPSA) is 40.6 Å². The van der Waals surface area contributed by atoms with E-state index in [1.165, 1.54) is 12.1 Å². The van der Waals surface area contributed by atoms with Gasteiger partial charge in [-0.05, 0) is 53.3 Å². The minimum Gasteiger partial charge on any atom is -0.332 e. The Labute approximate surface area is 197 Å². The van der Waals surface area contributed by atoms with E-state index in [0.717, 1.165) is 10.4 Å². The van der Waals surface area contributed by atoms with Gasteiger partial charge in [-0.1, -0.05) is 49.7 Å². The average Bonchev–Trinajstić information content (AvgIpc) is 3.26. The molecule has 0 N–H and O–H groups in total. The standard InChI is InChI=1S/C25H26ClFN2O2S/c1-18(2)14-29(25(31)20-5-3-6-21(26)13-20)17-24(30)28(16-23-7-4-12-32-23)15-19-8-10-22(27)11-9-19/h3-13,18H,14-17H2,1-2H3. The number of hydrogen-bond donors (Lipinski definition) is 0. The van der Waals surface area contributed by atoms with Crippen molar-refractivity contribution in [1.29, 1.82) is 0 Å². The number of amides is 2. The molecule has 4 nitrogen and oxygen atoms in total. The molecule has 1 heterocycles. The first-order valence-electron chi connectivity index (χ1n) is 10.4. The first-order chi connectivity index (χ1) is 15.3. The molecule has 1 aromatic heterocycles. The average molecular weight is 473 g/mol. The molecule has 0 unspecified atom stereocenters. The SMILES string of the molecule is CC(C)CN(CC(=O)N(Cc1ccc(F)cc1)Cc1cccs1)C(=O)c1cccc(Cl)c1. The molecule has 0 atom stereocenters. The lowest BCUT2D eigenvalue weighted by Crippen LogP contribution is -2.43. The highest BCUT2D eigenvalue weighted by Gasteiger charge is 2.24. The Hall–Kier alpha value is -2.70. The molecule has 7 heteroatoms. The van der Waals surface area contributed by atoms with E-state index >= 15 is 0 Å². The van der Waals surface area contributed by atoms with E-state index in [1.807, 2.05) is 31.4 Å². The summed E-state index contributed by atoms with van der Waals surface area (Å²) in [4.78, 5) is 30.9.